The van der Waals surface area contributed by atoms with Crippen molar-refractivity contribution in [2.45, 2.75) is 44.1 Å². The maximum atomic E-state index is 12.9. The molecular formula is C12H15ClF2N2O. The van der Waals surface area contributed by atoms with Crippen LogP contribution in [0.2, 0.25) is 0 Å². The zero-order valence-corrected chi connectivity index (χ0v) is 10.9. The van der Waals surface area contributed by atoms with E-state index in [1.54, 1.807) is 0 Å². The molecular weight excluding hydrogens is 262 g/mol. The molecule has 0 aliphatic carbocycles. The lowest BCUT2D eigenvalue weighted by atomic mass is 9.95. The van der Waals surface area contributed by atoms with E-state index < -0.39 is 12.0 Å². The summed E-state index contributed by atoms with van der Waals surface area (Å²) in [6.07, 6.45) is 1.45. The fourth-order valence-corrected chi connectivity index (χ4v) is 2.28. The van der Waals surface area contributed by atoms with E-state index >= 15 is 0 Å². The third kappa shape index (κ3) is 2.62. The summed E-state index contributed by atoms with van der Waals surface area (Å²) in [5.41, 5.74) is -0.674. The van der Waals surface area contributed by atoms with Gasteiger partial charge in [-0.25, -0.2) is 18.7 Å². The largest absolute Gasteiger partial charge is 0.367 e. The van der Waals surface area contributed by atoms with Gasteiger partial charge in [-0.15, -0.1) is 11.6 Å². The zero-order chi connectivity index (χ0) is 13.2. The van der Waals surface area contributed by atoms with Crippen LogP contribution in [-0.2, 0) is 16.2 Å². The molecule has 1 aromatic rings. The second-order valence-electron chi connectivity index (χ2n) is 4.57. The summed E-state index contributed by atoms with van der Waals surface area (Å²) < 4.78 is 31.5. The second-order valence-corrected chi connectivity index (χ2v) is 4.84. The molecule has 6 heteroatoms. The molecule has 0 N–H and O–H groups in total. The molecule has 1 aromatic heterocycles. The van der Waals surface area contributed by atoms with Gasteiger partial charge in [-0.3, -0.25) is 0 Å². The van der Waals surface area contributed by atoms with Crippen molar-refractivity contribution in [3.8, 4) is 0 Å². The highest BCUT2D eigenvalue weighted by atomic mass is 35.5. The van der Waals surface area contributed by atoms with Crippen LogP contribution < -0.4 is 0 Å². The third-order valence-electron chi connectivity index (χ3n) is 3.19. The summed E-state index contributed by atoms with van der Waals surface area (Å²) in [6, 6.07) is 0. The number of hydrogen-bond donors (Lipinski definition) is 0. The van der Waals surface area contributed by atoms with E-state index in [9.17, 15) is 8.78 Å². The summed E-state index contributed by atoms with van der Waals surface area (Å²) in [6.45, 7) is 2.46. The number of halogens is 3. The van der Waals surface area contributed by atoms with Gasteiger partial charge in [0.25, 0.3) is 6.43 Å². The maximum Gasteiger partial charge on any atom is 0.280 e. The van der Waals surface area contributed by atoms with Crippen molar-refractivity contribution in [3.05, 3.63) is 23.3 Å². The van der Waals surface area contributed by atoms with Gasteiger partial charge in [0.05, 0.1) is 5.88 Å². The van der Waals surface area contributed by atoms with Crippen LogP contribution in [0.1, 0.15) is 49.7 Å². The van der Waals surface area contributed by atoms with Gasteiger partial charge in [0, 0.05) is 18.4 Å². The number of ether oxygens (including phenoxy) is 1. The Morgan fingerprint density at radius 3 is 2.83 bits per heavy atom. The molecule has 1 atom stereocenters. The first-order valence-electron chi connectivity index (χ1n) is 5.91. The van der Waals surface area contributed by atoms with Crippen LogP contribution in [0.15, 0.2) is 6.20 Å². The van der Waals surface area contributed by atoms with Gasteiger partial charge < -0.3 is 4.74 Å². The van der Waals surface area contributed by atoms with Gasteiger partial charge in [-0.2, -0.15) is 0 Å². The molecule has 0 bridgehead atoms. The summed E-state index contributed by atoms with van der Waals surface area (Å²) in [5, 5.41) is 0. The van der Waals surface area contributed by atoms with Gasteiger partial charge in [-0.1, -0.05) is 0 Å². The van der Waals surface area contributed by atoms with E-state index in [4.69, 9.17) is 16.3 Å². The van der Waals surface area contributed by atoms with Crippen LogP contribution in [0.25, 0.3) is 0 Å². The summed E-state index contributed by atoms with van der Waals surface area (Å²) >= 11 is 5.60. The first-order valence-corrected chi connectivity index (χ1v) is 6.44. The number of aromatic nitrogens is 2. The Morgan fingerprint density at radius 1 is 1.50 bits per heavy atom. The van der Waals surface area contributed by atoms with E-state index in [2.05, 4.69) is 9.97 Å². The minimum absolute atomic E-state index is 0.0163. The lowest BCUT2D eigenvalue weighted by Gasteiger charge is -2.32. The molecule has 0 saturated carbocycles. The standard InChI is InChI=1S/C12H15ClF2N2O/c1-12(4-2-3-5-18-12)11-16-7-8(6-13)9(17-11)10(14)15/h7,10H,2-6H2,1H3. The van der Waals surface area contributed by atoms with E-state index in [1.165, 1.54) is 6.20 Å². The predicted octanol–water partition coefficient (Wildman–Crippen LogP) is 3.57. The Hall–Kier alpha value is -0.810. The molecule has 0 aromatic carbocycles. The van der Waals surface area contributed by atoms with Gasteiger partial charge >= 0.3 is 0 Å². The topological polar surface area (TPSA) is 35.0 Å². The molecule has 3 nitrogen and oxygen atoms in total. The first kappa shape index (κ1) is 13.6. The Kier molecular flexibility index (Phi) is 4.12. The van der Waals surface area contributed by atoms with Crippen molar-refractivity contribution >= 4 is 11.6 Å². The minimum atomic E-state index is -2.65. The normalized spacial score (nSPS) is 24.5. The van der Waals surface area contributed by atoms with Crippen molar-refractivity contribution in [3.63, 3.8) is 0 Å². The van der Waals surface area contributed by atoms with Crippen LogP contribution in [0.5, 0.6) is 0 Å². The van der Waals surface area contributed by atoms with Crippen molar-refractivity contribution in [2.75, 3.05) is 6.61 Å². The molecule has 1 aliphatic rings. The summed E-state index contributed by atoms with van der Waals surface area (Å²) in [4.78, 5) is 8.10. The van der Waals surface area contributed by atoms with E-state index in [1.807, 2.05) is 6.92 Å². The van der Waals surface area contributed by atoms with Crippen LogP contribution in [0.4, 0.5) is 8.78 Å². The second kappa shape index (κ2) is 5.45. The number of hydrogen-bond acceptors (Lipinski definition) is 3. The van der Waals surface area contributed by atoms with Crippen LogP contribution in [0.3, 0.4) is 0 Å². The average Bonchev–Trinajstić information content (AvgIpc) is 2.38. The zero-order valence-electron chi connectivity index (χ0n) is 10.1. The maximum absolute atomic E-state index is 12.9. The van der Waals surface area contributed by atoms with Crippen molar-refractivity contribution in [1.82, 2.24) is 9.97 Å². The van der Waals surface area contributed by atoms with Gasteiger partial charge in [0.1, 0.15) is 11.3 Å². The molecule has 0 amide bonds. The van der Waals surface area contributed by atoms with Gasteiger partial charge in [0.15, 0.2) is 5.82 Å². The van der Waals surface area contributed by atoms with Crippen LogP contribution >= 0.6 is 11.6 Å². The number of alkyl halides is 3. The van der Waals surface area contributed by atoms with Gasteiger partial charge in [-0.05, 0) is 26.2 Å². The fraction of sp³-hybridized carbons (Fsp3) is 0.667. The van der Waals surface area contributed by atoms with Crippen LogP contribution in [-0.4, -0.2) is 16.6 Å². The lowest BCUT2D eigenvalue weighted by molar-refractivity contribution is -0.0764. The number of nitrogens with zero attached hydrogens (tertiary/aromatic N) is 2. The van der Waals surface area contributed by atoms with Crippen molar-refractivity contribution in [2.24, 2.45) is 0 Å². The van der Waals surface area contributed by atoms with E-state index in [-0.39, 0.29) is 17.1 Å². The Labute approximate surface area is 110 Å². The quantitative estimate of drug-likeness (QED) is 0.792. The predicted molar refractivity (Wildman–Crippen MR) is 63.7 cm³/mol. The molecule has 18 heavy (non-hydrogen) atoms. The Balaban J connectivity index is 2.36. The molecule has 0 radical (unpaired) electrons. The molecule has 100 valence electrons. The highest BCUT2D eigenvalue weighted by Gasteiger charge is 2.34. The third-order valence-corrected chi connectivity index (χ3v) is 3.48. The fourth-order valence-electron chi connectivity index (χ4n) is 2.08. The average molecular weight is 277 g/mol. The highest BCUT2D eigenvalue weighted by molar-refractivity contribution is 6.17. The van der Waals surface area contributed by atoms with Gasteiger partial charge in [0.2, 0.25) is 0 Å². The molecule has 1 aliphatic heterocycles. The summed E-state index contributed by atoms with van der Waals surface area (Å²) in [5.74, 6) is 0.309. The Bertz CT molecular complexity index is 423. The lowest BCUT2D eigenvalue weighted by Crippen LogP contribution is -2.32. The monoisotopic (exact) mass is 276 g/mol. The molecule has 2 heterocycles. The molecule has 1 saturated heterocycles. The molecule has 0 spiro atoms. The van der Waals surface area contributed by atoms with E-state index in [0.717, 1.165) is 19.3 Å². The minimum Gasteiger partial charge on any atom is -0.367 e. The Morgan fingerprint density at radius 2 is 2.28 bits per heavy atom. The molecule has 1 unspecified atom stereocenters. The first-order chi connectivity index (χ1) is 8.57. The molecule has 1 fully saturated rings. The summed E-state index contributed by atoms with van der Waals surface area (Å²) in [7, 11) is 0. The van der Waals surface area contributed by atoms with Crippen molar-refractivity contribution < 1.29 is 13.5 Å². The smallest absolute Gasteiger partial charge is 0.280 e. The van der Waals surface area contributed by atoms with E-state index in [0.29, 0.717) is 12.4 Å². The van der Waals surface area contributed by atoms with Crippen LogP contribution in [0, 0.1) is 0 Å². The number of rotatable bonds is 3. The molecule has 2 rings (SSSR count). The highest BCUT2D eigenvalue weighted by Crippen LogP contribution is 2.33. The van der Waals surface area contributed by atoms with Crippen molar-refractivity contribution in [1.29, 1.82) is 0 Å². The SMILES string of the molecule is CC1(c2ncc(CCl)c(C(F)F)n2)CCCCO1.